The van der Waals surface area contributed by atoms with Gasteiger partial charge in [-0.15, -0.1) is 0 Å². The lowest BCUT2D eigenvalue weighted by Gasteiger charge is -2.30. The van der Waals surface area contributed by atoms with Crippen LogP contribution in [0, 0.1) is 19.8 Å². The molecule has 0 aliphatic carbocycles. The first kappa shape index (κ1) is 23.8. The van der Waals surface area contributed by atoms with E-state index in [4.69, 9.17) is 32.5 Å². The summed E-state index contributed by atoms with van der Waals surface area (Å²) < 4.78 is 37.7. The number of aromatic nitrogens is 1. The van der Waals surface area contributed by atoms with E-state index in [2.05, 4.69) is 10.5 Å². The summed E-state index contributed by atoms with van der Waals surface area (Å²) in [6.45, 7) is 4.61. The molecule has 1 amide bonds. The first-order chi connectivity index (χ1) is 14.7. The first-order valence-electron chi connectivity index (χ1n) is 9.98. The van der Waals surface area contributed by atoms with E-state index >= 15 is 0 Å². The van der Waals surface area contributed by atoms with Crippen LogP contribution >= 0.6 is 23.2 Å². The maximum atomic E-state index is 12.9. The number of nitrogens with zero attached hydrogens (tertiary/aromatic N) is 2. The average molecular weight is 490 g/mol. The van der Waals surface area contributed by atoms with Crippen LogP contribution in [0.15, 0.2) is 27.6 Å². The molecule has 1 aromatic carbocycles. The zero-order valence-corrected chi connectivity index (χ0v) is 19.7. The third kappa shape index (κ3) is 5.71. The van der Waals surface area contributed by atoms with Crippen LogP contribution in [-0.2, 0) is 14.8 Å². The maximum Gasteiger partial charge on any atom is 0.248 e. The van der Waals surface area contributed by atoms with Crippen molar-refractivity contribution >= 4 is 39.1 Å². The van der Waals surface area contributed by atoms with Crippen LogP contribution in [0.2, 0.25) is 10.0 Å². The van der Waals surface area contributed by atoms with Crippen molar-refractivity contribution in [2.45, 2.75) is 38.0 Å². The summed E-state index contributed by atoms with van der Waals surface area (Å²) in [6, 6.07) is 5.01. The van der Waals surface area contributed by atoms with E-state index in [1.54, 1.807) is 32.0 Å². The summed E-state index contributed by atoms with van der Waals surface area (Å²) in [5.41, 5.74) is 0.347. The normalized spacial score (nSPS) is 15.7. The van der Waals surface area contributed by atoms with Crippen molar-refractivity contribution in [2.75, 3.05) is 26.2 Å². The summed E-state index contributed by atoms with van der Waals surface area (Å²) in [7, 11) is -3.68. The molecule has 2 aromatic rings. The number of piperidine rings is 1. The molecule has 3 rings (SSSR count). The molecule has 1 N–H and O–H groups in total. The summed E-state index contributed by atoms with van der Waals surface area (Å²) in [4.78, 5) is 12.6. The van der Waals surface area contributed by atoms with E-state index in [0.717, 1.165) is 0 Å². The van der Waals surface area contributed by atoms with E-state index < -0.39 is 10.0 Å². The van der Waals surface area contributed by atoms with Crippen LogP contribution in [0.4, 0.5) is 0 Å². The standard InChI is InChI=1S/C20H25Cl2N3O5S/c1-13-19(14(2)30-24-13)31(27,28)25-9-6-15(7-10-25)20(26)23-8-3-11-29-18-5-4-16(21)12-17(18)22/h4-5,12,15H,3,6-11H2,1-2H3,(H,23,26). The molecule has 8 nitrogen and oxygen atoms in total. The molecule has 2 heterocycles. The molecule has 1 aromatic heterocycles. The van der Waals surface area contributed by atoms with Crippen molar-refractivity contribution in [3.8, 4) is 5.75 Å². The number of rotatable bonds is 8. The largest absolute Gasteiger partial charge is 0.492 e. The van der Waals surface area contributed by atoms with Crippen LogP contribution in [0.1, 0.15) is 30.7 Å². The third-order valence-electron chi connectivity index (χ3n) is 5.16. The van der Waals surface area contributed by atoms with Gasteiger partial charge in [-0.2, -0.15) is 4.31 Å². The number of sulfonamides is 1. The van der Waals surface area contributed by atoms with Gasteiger partial charge in [-0.25, -0.2) is 8.42 Å². The minimum Gasteiger partial charge on any atom is -0.492 e. The Kier molecular flexibility index (Phi) is 7.85. The lowest BCUT2D eigenvalue weighted by molar-refractivity contribution is -0.126. The lowest BCUT2D eigenvalue weighted by Crippen LogP contribution is -2.43. The molecular formula is C20H25Cl2N3O5S. The van der Waals surface area contributed by atoms with Crippen molar-refractivity contribution < 1.29 is 22.5 Å². The van der Waals surface area contributed by atoms with Gasteiger partial charge in [0, 0.05) is 30.6 Å². The van der Waals surface area contributed by atoms with Crippen LogP contribution in [0.5, 0.6) is 5.75 Å². The maximum absolute atomic E-state index is 12.9. The van der Waals surface area contributed by atoms with Gasteiger partial charge in [0.1, 0.15) is 16.3 Å². The minimum absolute atomic E-state index is 0.0705. The van der Waals surface area contributed by atoms with Gasteiger partial charge in [0.25, 0.3) is 0 Å². The minimum atomic E-state index is -3.68. The van der Waals surface area contributed by atoms with Crippen LogP contribution in [0.25, 0.3) is 0 Å². The fourth-order valence-electron chi connectivity index (χ4n) is 3.53. The quantitative estimate of drug-likeness (QED) is 0.568. The second-order valence-electron chi connectivity index (χ2n) is 7.40. The van der Waals surface area contributed by atoms with E-state index in [9.17, 15) is 13.2 Å². The summed E-state index contributed by atoms with van der Waals surface area (Å²) in [5.74, 6) is 0.533. The van der Waals surface area contributed by atoms with Crippen LogP contribution in [0.3, 0.4) is 0 Å². The molecule has 1 aliphatic rings. The van der Waals surface area contributed by atoms with Gasteiger partial charge in [-0.05, 0) is 51.3 Å². The third-order valence-corrected chi connectivity index (χ3v) is 7.84. The highest BCUT2D eigenvalue weighted by molar-refractivity contribution is 7.89. The molecule has 0 saturated carbocycles. The van der Waals surface area contributed by atoms with Crippen molar-refractivity contribution in [3.63, 3.8) is 0 Å². The summed E-state index contributed by atoms with van der Waals surface area (Å²) >= 11 is 11.9. The van der Waals surface area contributed by atoms with Gasteiger partial charge < -0.3 is 14.6 Å². The number of halogens is 2. The number of carbonyl (C=O) groups excluding carboxylic acids is 1. The van der Waals surface area contributed by atoms with E-state index in [0.29, 0.717) is 53.9 Å². The predicted octanol–water partition coefficient (Wildman–Crippen LogP) is 3.58. The first-order valence-corrected chi connectivity index (χ1v) is 12.2. The molecule has 170 valence electrons. The van der Waals surface area contributed by atoms with Crippen molar-refractivity contribution in [1.82, 2.24) is 14.8 Å². The highest BCUT2D eigenvalue weighted by Crippen LogP contribution is 2.28. The SMILES string of the molecule is Cc1noc(C)c1S(=O)(=O)N1CCC(C(=O)NCCCOc2ccc(Cl)cc2Cl)CC1. The number of ether oxygens (including phenoxy) is 1. The van der Waals surface area contributed by atoms with Crippen LogP contribution in [-0.4, -0.2) is 50.0 Å². The Morgan fingerprint density at radius 3 is 2.61 bits per heavy atom. The summed E-state index contributed by atoms with van der Waals surface area (Å²) in [5, 5.41) is 7.60. The smallest absolute Gasteiger partial charge is 0.248 e. The Bertz CT molecular complexity index is 1010. The topological polar surface area (TPSA) is 102 Å². The highest BCUT2D eigenvalue weighted by atomic mass is 35.5. The molecule has 11 heteroatoms. The van der Waals surface area contributed by atoms with E-state index in [1.807, 2.05) is 0 Å². The predicted molar refractivity (Wildman–Crippen MR) is 117 cm³/mol. The van der Waals surface area contributed by atoms with Gasteiger partial charge in [0.15, 0.2) is 5.76 Å². The lowest BCUT2D eigenvalue weighted by atomic mass is 9.97. The highest BCUT2D eigenvalue weighted by Gasteiger charge is 2.35. The molecule has 1 aliphatic heterocycles. The van der Waals surface area contributed by atoms with Crippen LogP contribution < -0.4 is 10.1 Å². The Hall–Kier alpha value is -1.81. The monoisotopic (exact) mass is 489 g/mol. The number of benzene rings is 1. The molecule has 0 bridgehead atoms. The Balaban J connectivity index is 1.41. The number of nitrogens with one attached hydrogen (secondary N) is 1. The molecule has 1 saturated heterocycles. The molecular weight excluding hydrogens is 465 g/mol. The van der Waals surface area contributed by atoms with Gasteiger partial charge in [-0.1, -0.05) is 28.4 Å². The van der Waals surface area contributed by atoms with Crippen molar-refractivity contribution in [2.24, 2.45) is 5.92 Å². The number of amides is 1. The molecule has 1 fully saturated rings. The fraction of sp³-hybridized carbons (Fsp3) is 0.500. The van der Waals surface area contributed by atoms with Gasteiger partial charge in [0.2, 0.25) is 15.9 Å². The molecule has 31 heavy (non-hydrogen) atoms. The van der Waals surface area contributed by atoms with Crippen molar-refractivity contribution in [3.05, 3.63) is 39.7 Å². The average Bonchev–Trinajstić information content (AvgIpc) is 3.08. The fourth-order valence-corrected chi connectivity index (χ4v) is 5.76. The van der Waals surface area contributed by atoms with Gasteiger partial charge in [-0.3, -0.25) is 4.79 Å². The number of aryl methyl sites for hydroxylation is 2. The second kappa shape index (κ2) is 10.2. The number of hydrogen-bond acceptors (Lipinski definition) is 6. The Morgan fingerprint density at radius 1 is 1.29 bits per heavy atom. The Labute approximate surface area is 191 Å². The van der Waals surface area contributed by atoms with Crippen molar-refractivity contribution in [1.29, 1.82) is 0 Å². The molecule has 0 radical (unpaired) electrons. The summed E-state index contributed by atoms with van der Waals surface area (Å²) in [6.07, 6.45) is 1.54. The van der Waals surface area contributed by atoms with Gasteiger partial charge >= 0.3 is 0 Å². The van der Waals surface area contributed by atoms with E-state index in [1.165, 1.54) is 4.31 Å². The zero-order valence-electron chi connectivity index (χ0n) is 17.4. The number of hydrogen-bond donors (Lipinski definition) is 1. The molecule has 0 spiro atoms. The molecule has 0 unspecified atom stereocenters. The zero-order chi connectivity index (χ0) is 22.6. The molecule has 0 atom stereocenters. The Morgan fingerprint density at radius 2 is 2.00 bits per heavy atom. The van der Waals surface area contributed by atoms with E-state index in [-0.39, 0.29) is 35.6 Å². The van der Waals surface area contributed by atoms with Gasteiger partial charge in [0.05, 0.1) is 11.6 Å². The second-order valence-corrected chi connectivity index (χ2v) is 10.1. The number of carbonyl (C=O) groups is 1.